The van der Waals surface area contributed by atoms with Crippen LogP contribution in [0.2, 0.25) is 0 Å². The number of hydrogen-bond acceptors (Lipinski definition) is 2. The van der Waals surface area contributed by atoms with Crippen LogP contribution < -0.4 is 5.73 Å². The molecule has 106 valence electrons. The third kappa shape index (κ3) is 4.06. The Kier molecular flexibility index (Phi) is 6.02. The highest BCUT2D eigenvalue weighted by Crippen LogP contribution is 2.20. The summed E-state index contributed by atoms with van der Waals surface area (Å²) in [6.45, 7) is 2.52. The lowest BCUT2D eigenvalue weighted by Gasteiger charge is -2.12. The lowest BCUT2D eigenvalue weighted by molar-refractivity contribution is 0.0967. The van der Waals surface area contributed by atoms with Gasteiger partial charge in [-0.05, 0) is 37.4 Å². The minimum absolute atomic E-state index is 0.112. The van der Waals surface area contributed by atoms with Crippen LogP contribution >= 0.6 is 0 Å². The molecule has 0 aliphatic carbocycles. The number of ketones is 1. The highest BCUT2D eigenvalue weighted by Gasteiger charge is 2.19. The van der Waals surface area contributed by atoms with Crippen LogP contribution in [0.5, 0.6) is 0 Å². The first-order chi connectivity index (χ1) is 9.01. The highest BCUT2D eigenvalue weighted by molar-refractivity contribution is 5.96. The average molecular weight is 273 g/mol. The molecule has 2 N–H and O–H groups in total. The molecule has 2 nitrogen and oxygen atoms in total. The van der Waals surface area contributed by atoms with E-state index < -0.39 is 23.2 Å². The normalized spacial score (nSPS) is 12.5. The Morgan fingerprint density at radius 3 is 2.47 bits per heavy atom. The molecule has 0 bridgehead atoms. The van der Waals surface area contributed by atoms with E-state index in [1.807, 2.05) is 6.92 Å². The predicted octanol–water partition coefficient (Wildman–Crippen LogP) is 3.44. The molecule has 0 aliphatic rings. The summed E-state index contributed by atoms with van der Waals surface area (Å²) in [6.07, 6.45) is 2.36. The van der Waals surface area contributed by atoms with Gasteiger partial charge in [0, 0.05) is 6.42 Å². The first-order valence-electron chi connectivity index (χ1n) is 6.38. The molecule has 0 spiro atoms. The summed E-state index contributed by atoms with van der Waals surface area (Å²) in [4.78, 5) is 11.8. The molecule has 0 amide bonds. The average Bonchev–Trinajstić information content (AvgIpc) is 2.40. The molecule has 0 aliphatic heterocycles. The number of benzene rings is 1. The van der Waals surface area contributed by atoms with Crippen molar-refractivity contribution in [2.75, 3.05) is 6.54 Å². The fraction of sp³-hybridized carbons (Fsp3) is 0.500. The molecule has 5 heteroatoms. The van der Waals surface area contributed by atoms with Crippen LogP contribution in [0.3, 0.4) is 0 Å². The van der Waals surface area contributed by atoms with E-state index in [0.29, 0.717) is 18.9 Å². The van der Waals surface area contributed by atoms with E-state index in [1.165, 1.54) is 0 Å². The largest absolute Gasteiger partial charge is 0.330 e. The van der Waals surface area contributed by atoms with E-state index in [0.717, 1.165) is 25.0 Å². The van der Waals surface area contributed by atoms with Gasteiger partial charge in [-0.2, -0.15) is 0 Å². The molecule has 0 fully saturated rings. The van der Waals surface area contributed by atoms with Gasteiger partial charge in [-0.15, -0.1) is 0 Å². The molecule has 0 radical (unpaired) electrons. The van der Waals surface area contributed by atoms with E-state index in [1.54, 1.807) is 0 Å². The van der Waals surface area contributed by atoms with Crippen LogP contribution in [0.15, 0.2) is 12.1 Å². The Morgan fingerprint density at radius 1 is 1.21 bits per heavy atom. The Hall–Kier alpha value is -1.36. The number of rotatable bonds is 7. The standard InChI is InChI=1S/C14H18F3NO/c1-2-9(7-8-18)3-6-12(19)10-4-5-11(15)14(17)13(10)16/h4-5,9H,2-3,6-8,18H2,1H3. The van der Waals surface area contributed by atoms with Crippen LogP contribution in [0.1, 0.15) is 43.0 Å². The number of hydrogen-bond donors (Lipinski definition) is 1. The molecular formula is C14H18F3NO. The number of nitrogens with two attached hydrogens (primary N) is 1. The first-order valence-corrected chi connectivity index (χ1v) is 6.38. The van der Waals surface area contributed by atoms with Crippen LogP contribution in [-0.4, -0.2) is 12.3 Å². The molecule has 1 atom stereocenters. The van der Waals surface area contributed by atoms with Gasteiger partial charge in [0.15, 0.2) is 23.2 Å². The van der Waals surface area contributed by atoms with Crippen molar-refractivity contribution in [2.24, 2.45) is 11.7 Å². The van der Waals surface area contributed by atoms with Gasteiger partial charge in [0.2, 0.25) is 0 Å². The third-order valence-corrected chi connectivity index (χ3v) is 3.27. The lowest BCUT2D eigenvalue weighted by Crippen LogP contribution is -2.11. The second-order valence-electron chi connectivity index (χ2n) is 4.54. The maximum absolute atomic E-state index is 13.4. The van der Waals surface area contributed by atoms with Gasteiger partial charge in [0.25, 0.3) is 0 Å². The summed E-state index contributed by atoms with van der Waals surface area (Å²) in [5.74, 6) is -4.51. The smallest absolute Gasteiger partial charge is 0.195 e. The van der Waals surface area contributed by atoms with Crippen LogP contribution in [0.25, 0.3) is 0 Å². The van der Waals surface area contributed by atoms with Crippen LogP contribution in [0.4, 0.5) is 13.2 Å². The summed E-state index contributed by atoms with van der Waals surface area (Å²) in [5, 5.41) is 0. The molecule has 1 unspecified atom stereocenters. The fourth-order valence-electron chi connectivity index (χ4n) is 2.00. The Balaban J connectivity index is 2.71. The zero-order chi connectivity index (χ0) is 14.4. The predicted molar refractivity (Wildman–Crippen MR) is 67.3 cm³/mol. The summed E-state index contributed by atoms with van der Waals surface area (Å²) in [6, 6.07) is 1.75. The van der Waals surface area contributed by atoms with Gasteiger partial charge in [-0.3, -0.25) is 4.79 Å². The first kappa shape index (κ1) is 15.7. The van der Waals surface area contributed by atoms with Crippen molar-refractivity contribution in [2.45, 2.75) is 32.6 Å². The van der Waals surface area contributed by atoms with Gasteiger partial charge >= 0.3 is 0 Å². The van der Waals surface area contributed by atoms with E-state index in [2.05, 4.69) is 0 Å². The number of carbonyl (C=O) groups excluding carboxylic acids is 1. The van der Waals surface area contributed by atoms with Crippen molar-refractivity contribution >= 4 is 5.78 Å². The second kappa shape index (κ2) is 7.28. The third-order valence-electron chi connectivity index (χ3n) is 3.27. The van der Waals surface area contributed by atoms with Gasteiger partial charge in [0.05, 0.1) is 5.56 Å². The van der Waals surface area contributed by atoms with Gasteiger partial charge in [-0.1, -0.05) is 13.3 Å². The van der Waals surface area contributed by atoms with E-state index in [9.17, 15) is 18.0 Å². The summed E-state index contributed by atoms with van der Waals surface area (Å²) < 4.78 is 39.2. The Labute approximate surface area is 110 Å². The molecule has 0 saturated heterocycles. The number of Topliss-reactive ketones (excluding diaryl/α,β-unsaturated/α-hetero) is 1. The van der Waals surface area contributed by atoms with Crippen LogP contribution in [-0.2, 0) is 0 Å². The minimum Gasteiger partial charge on any atom is -0.330 e. The van der Waals surface area contributed by atoms with Crippen molar-refractivity contribution in [1.82, 2.24) is 0 Å². The zero-order valence-electron chi connectivity index (χ0n) is 10.9. The summed E-state index contributed by atoms with van der Waals surface area (Å²) in [7, 11) is 0. The molecule has 0 saturated carbocycles. The SMILES string of the molecule is CCC(CCN)CCC(=O)c1ccc(F)c(F)c1F. The van der Waals surface area contributed by atoms with E-state index >= 15 is 0 Å². The summed E-state index contributed by atoms with van der Waals surface area (Å²) in [5.41, 5.74) is 5.06. The molecular weight excluding hydrogens is 255 g/mol. The van der Waals surface area contributed by atoms with Crippen molar-refractivity contribution < 1.29 is 18.0 Å². The molecule has 0 aromatic heterocycles. The number of carbonyl (C=O) groups is 1. The highest BCUT2D eigenvalue weighted by atomic mass is 19.2. The van der Waals surface area contributed by atoms with E-state index in [4.69, 9.17) is 5.73 Å². The molecule has 1 rings (SSSR count). The maximum Gasteiger partial charge on any atom is 0.195 e. The van der Waals surface area contributed by atoms with Gasteiger partial charge < -0.3 is 5.73 Å². The molecule has 1 aromatic carbocycles. The van der Waals surface area contributed by atoms with Gasteiger partial charge in [-0.25, -0.2) is 13.2 Å². The lowest BCUT2D eigenvalue weighted by atomic mass is 9.94. The minimum atomic E-state index is -1.60. The maximum atomic E-state index is 13.4. The number of halogens is 3. The Morgan fingerprint density at radius 2 is 1.89 bits per heavy atom. The second-order valence-corrected chi connectivity index (χ2v) is 4.54. The summed E-state index contributed by atoms with van der Waals surface area (Å²) >= 11 is 0. The molecule has 19 heavy (non-hydrogen) atoms. The topological polar surface area (TPSA) is 43.1 Å². The van der Waals surface area contributed by atoms with Gasteiger partial charge in [0.1, 0.15) is 0 Å². The fourth-order valence-corrected chi connectivity index (χ4v) is 2.00. The molecule has 0 heterocycles. The molecule has 1 aromatic rings. The zero-order valence-corrected chi connectivity index (χ0v) is 10.9. The van der Waals surface area contributed by atoms with Crippen LogP contribution in [0, 0.1) is 23.4 Å². The monoisotopic (exact) mass is 273 g/mol. The van der Waals surface area contributed by atoms with Crippen molar-refractivity contribution in [3.05, 3.63) is 35.1 Å². The Bertz CT molecular complexity index is 449. The quantitative estimate of drug-likeness (QED) is 0.611. The van der Waals surface area contributed by atoms with Crippen molar-refractivity contribution in [1.29, 1.82) is 0 Å². The van der Waals surface area contributed by atoms with Crippen molar-refractivity contribution in [3.8, 4) is 0 Å². The van der Waals surface area contributed by atoms with Crippen molar-refractivity contribution in [3.63, 3.8) is 0 Å². The van der Waals surface area contributed by atoms with E-state index in [-0.39, 0.29) is 12.0 Å².